The first kappa shape index (κ1) is 16.8. The maximum atomic E-state index is 13.1. The molecular formula is C18H28N4O3. The number of urea groups is 1. The number of aliphatic hydroxyl groups excluding tert-OH is 1. The van der Waals surface area contributed by atoms with Crippen LogP contribution in [-0.4, -0.2) is 57.5 Å². The van der Waals surface area contributed by atoms with Crippen LogP contribution in [0.15, 0.2) is 12.4 Å². The number of ether oxygens (including phenoxy) is 1. The van der Waals surface area contributed by atoms with E-state index in [2.05, 4.69) is 10.3 Å². The zero-order valence-electron chi connectivity index (χ0n) is 14.8. The van der Waals surface area contributed by atoms with Crippen molar-refractivity contribution < 1.29 is 14.6 Å². The molecule has 0 aromatic carbocycles. The molecule has 1 aromatic heterocycles. The molecule has 3 fully saturated rings. The maximum Gasteiger partial charge on any atom is 0.318 e. The third-order valence-corrected chi connectivity index (χ3v) is 6.29. The Balaban J connectivity index is 1.52. The van der Waals surface area contributed by atoms with Crippen molar-refractivity contribution in [1.29, 1.82) is 0 Å². The van der Waals surface area contributed by atoms with Crippen molar-refractivity contribution in [1.82, 2.24) is 19.8 Å². The minimum atomic E-state index is -0.0935. The third-order valence-electron chi connectivity index (χ3n) is 6.29. The second-order valence-corrected chi connectivity index (χ2v) is 7.66. The number of imidazole rings is 1. The van der Waals surface area contributed by atoms with Crippen molar-refractivity contribution >= 4 is 6.03 Å². The Hall–Kier alpha value is -1.60. The van der Waals surface area contributed by atoms with Gasteiger partial charge in [0, 0.05) is 57.3 Å². The van der Waals surface area contributed by atoms with Crippen LogP contribution in [0.5, 0.6) is 0 Å². The van der Waals surface area contributed by atoms with Gasteiger partial charge in [0.1, 0.15) is 5.82 Å². The molecular weight excluding hydrogens is 320 g/mol. The van der Waals surface area contributed by atoms with Crippen LogP contribution < -0.4 is 5.32 Å². The summed E-state index contributed by atoms with van der Waals surface area (Å²) in [6, 6.07) is 0.373. The number of fused-ring (bicyclic) bond motifs is 2. The summed E-state index contributed by atoms with van der Waals surface area (Å²) in [6.45, 7) is 1.65. The van der Waals surface area contributed by atoms with E-state index in [1.54, 1.807) is 6.20 Å². The van der Waals surface area contributed by atoms with Gasteiger partial charge in [0.05, 0.1) is 6.04 Å². The van der Waals surface area contributed by atoms with Crippen LogP contribution >= 0.6 is 0 Å². The smallest absolute Gasteiger partial charge is 0.318 e. The molecule has 3 aliphatic heterocycles. The second kappa shape index (κ2) is 6.96. The van der Waals surface area contributed by atoms with Crippen molar-refractivity contribution in [3.8, 4) is 0 Å². The molecule has 4 atom stereocenters. The summed E-state index contributed by atoms with van der Waals surface area (Å²) in [4.78, 5) is 19.6. The second-order valence-electron chi connectivity index (χ2n) is 7.66. The lowest BCUT2D eigenvalue weighted by Gasteiger charge is -2.33. The highest BCUT2D eigenvalue weighted by atomic mass is 16.5. The maximum absolute atomic E-state index is 13.1. The first-order chi connectivity index (χ1) is 12.2. The Labute approximate surface area is 148 Å². The molecule has 7 nitrogen and oxygen atoms in total. The predicted molar refractivity (Wildman–Crippen MR) is 91.9 cm³/mol. The number of carbonyl (C=O) groups excluding carboxylic acids is 1. The van der Waals surface area contributed by atoms with Gasteiger partial charge in [0.25, 0.3) is 0 Å². The molecule has 2 amide bonds. The Morgan fingerprint density at radius 1 is 1.40 bits per heavy atom. The van der Waals surface area contributed by atoms with Gasteiger partial charge in [-0.25, -0.2) is 9.78 Å². The minimum absolute atomic E-state index is 0.00272. The SMILES string of the molecule is Cn1ccnc1C(NC(=O)N1C2CCC1C(CO)C2)C1CCOCC1. The molecule has 2 N–H and O–H groups in total. The average molecular weight is 348 g/mol. The standard InChI is InChI=1S/C18H28N4O3/c1-21-7-6-19-17(21)16(12-4-8-25-9-5-12)20-18(24)22-14-2-3-15(22)13(10-14)11-23/h6-7,12-16,23H,2-5,8-11H2,1H3,(H,20,24). The highest BCUT2D eigenvalue weighted by Gasteiger charge is 2.48. The van der Waals surface area contributed by atoms with Gasteiger partial charge >= 0.3 is 6.03 Å². The number of carbonyl (C=O) groups is 1. The third kappa shape index (κ3) is 3.04. The number of aliphatic hydroxyl groups is 1. The average Bonchev–Trinajstić information content (AvgIpc) is 3.34. The molecule has 2 bridgehead atoms. The Morgan fingerprint density at radius 2 is 2.20 bits per heavy atom. The molecule has 4 heterocycles. The lowest BCUT2D eigenvalue weighted by molar-refractivity contribution is 0.0521. The van der Waals surface area contributed by atoms with Crippen LogP contribution in [0.2, 0.25) is 0 Å². The highest BCUT2D eigenvalue weighted by Crippen LogP contribution is 2.42. The molecule has 0 spiro atoms. The number of nitrogens with one attached hydrogen (secondary N) is 1. The first-order valence-electron chi connectivity index (χ1n) is 9.43. The predicted octanol–water partition coefficient (Wildman–Crippen LogP) is 1.44. The van der Waals surface area contributed by atoms with Crippen LogP contribution in [0.3, 0.4) is 0 Å². The molecule has 0 aliphatic carbocycles. The monoisotopic (exact) mass is 348 g/mol. The van der Waals surface area contributed by atoms with Crippen molar-refractivity contribution in [3.05, 3.63) is 18.2 Å². The van der Waals surface area contributed by atoms with E-state index >= 15 is 0 Å². The van der Waals surface area contributed by atoms with Crippen LogP contribution in [0.25, 0.3) is 0 Å². The van der Waals surface area contributed by atoms with E-state index in [1.165, 1.54) is 0 Å². The summed E-state index contributed by atoms with van der Waals surface area (Å²) in [7, 11) is 1.97. The Morgan fingerprint density at radius 3 is 2.84 bits per heavy atom. The minimum Gasteiger partial charge on any atom is -0.396 e. The van der Waals surface area contributed by atoms with Gasteiger partial charge in [-0.05, 0) is 38.0 Å². The molecule has 0 radical (unpaired) electrons. The van der Waals surface area contributed by atoms with E-state index in [-0.39, 0.29) is 36.7 Å². The first-order valence-corrected chi connectivity index (χ1v) is 9.43. The summed E-state index contributed by atoms with van der Waals surface area (Å²) in [6.07, 6.45) is 8.57. The molecule has 7 heteroatoms. The molecule has 25 heavy (non-hydrogen) atoms. The summed E-state index contributed by atoms with van der Waals surface area (Å²) < 4.78 is 7.49. The van der Waals surface area contributed by atoms with Gasteiger partial charge in [0.2, 0.25) is 0 Å². The van der Waals surface area contributed by atoms with E-state index in [1.807, 2.05) is 22.7 Å². The number of hydrogen-bond acceptors (Lipinski definition) is 4. The van der Waals surface area contributed by atoms with E-state index in [0.717, 1.165) is 51.1 Å². The van der Waals surface area contributed by atoms with Crippen LogP contribution in [0, 0.1) is 11.8 Å². The zero-order chi connectivity index (χ0) is 17.4. The summed E-state index contributed by atoms with van der Waals surface area (Å²) >= 11 is 0. The van der Waals surface area contributed by atoms with Crippen LogP contribution in [0.1, 0.15) is 44.0 Å². The fourth-order valence-electron chi connectivity index (χ4n) is 4.95. The van der Waals surface area contributed by atoms with E-state index in [9.17, 15) is 9.90 Å². The number of amides is 2. The molecule has 138 valence electrons. The zero-order valence-corrected chi connectivity index (χ0v) is 14.8. The van der Waals surface area contributed by atoms with Crippen LogP contribution in [0.4, 0.5) is 4.79 Å². The quantitative estimate of drug-likeness (QED) is 0.863. The number of aromatic nitrogens is 2. The molecule has 4 rings (SSSR count). The fourth-order valence-corrected chi connectivity index (χ4v) is 4.95. The van der Waals surface area contributed by atoms with Gasteiger partial charge in [-0.2, -0.15) is 0 Å². The molecule has 1 aromatic rings. The van der Waals surface area contributed by atoms with E-state index in [4.69, 9.17) is 4.74 Å². The van der Waals surface area contributed by atoms with Crippen molar-refractivity contribution in [2.75, 3.05) is 19.8 Å². The van der Waals surface area contributed by atoms with Crippen molar-refractivity contribution in [2.45, 2.75) is 50.2 Å². The topological polar surface area (TPSA) is 79.6 Å². The fraction of sp³-hybridized carbons (Fsp3) is 0.778. The Bertz CT molecular complexity index is 613. The summed E-state index contributed by atoms with van der Waals surface area (Å²) in [5.74, 6) is 1.48. The number of hydrogen-bond donors (Lipinski definition) is 2. The lowest BCUT2D eigenvalue weighted by Crippen LogP contribution is -2.47. The Kier molecular flexibility index (Phi) is 4.69. The highest BCUT2D eigenvalue weighted by molar-refractivity contribution is 5.76. The van der Waals surface area contributed by atoms with E-state index < -0.39 is 0 Å². The van der Waals surface area contributed by atoms with Gasteiger partial charge in [-0.3, -0.25) is 0 Å². The molecule has 3 saturated heterocycles. The largest absolute Gasteiger partial charge is 0.396 e. The van der Waals surface area contributed by atoms with Crippen molar-refractivity contribution in [3.63, 3.8) is 0 Å². The number of aryl methyl sites for hydroxylation is 1. The van der Waals surface area contributed by atoms with Gasteiger partial charge in [-0.1, -0.05) is 0 Å². The summed E-state index contributed by atoms with van der Waals surface area (Å²) in [5.41, 5.74) is 0. The van der Waals surface area contributed by atoms with E-state index in [0.29, 0.717) is 5.92 Å². The van der Waals surface area contributed by atoms with Gasteiger partial charge < -0.3 is 24.6 Å². The molecule has 4 unspecified atom stereocenters. The number of rotatable bonds is 4. The normalized spacial score (nSPS) is 30.6. The van der Waals surface area contributed by atoms with Crippen LogP contribution in [-0.2, 0) is 11.8 Å². The van der Waals surface area contributed by atoms with Gasteiger partial charge in [-0.15, -0.1) is 0 Å². The molecule has 0 saturated carbocycles. The van der Waals surface area contributed by atoms with Crippen molar-refractivity contribution in [2.24, 2.45) is 18.9 Å². The number of nitrogens with zero attached hydrogens (tertiary/aromatic N) is 3. The van der Waals surface area contributed by atoms with Gasteiger partial charge in [0.15, 0.2) is 0 Å². The summed E-state index contributed by atoms with van der Waals surface area (Å²) in [5, 5.41) is 12.9. The lowest BCUT2D eigenvalue weighted by atomic mass is 9.90. The molecule has 3 aliphatic rings.